The molecule has 3 aromatic carbocycles. The predicted molar refractivity (Wildman–Crippen MR) is 135 cm³/mol. The summed E-state index contributed by atoms with van der Waals surface area (Å²) in [7, 11) is 0. The number of hydrazine groups is 1. The molecule has 0 radical (unpaired) electrons. The average Bonchev–Trinajstić information content (AvgIpc) is 3.45. The number of fused-ring (bicyclic) bond motifs is 2. The molecule has 0 bridgehead atoms. The first kappa shape index (κ1) is 23.0. The van der Waals surface area contributed by atoms with Crippen LogP contribution >= 0.6 is 0 Å². The van der Waals surface area contributed by atoms with Crippen molar-refractivity contribution >= 4 is 28.3 Å². The van der Waals surface area contributed by atoms with Gasteiger partial charge in [0.25, 0.3) is 0 Å². The minimum atomic E-state index is -4.46. The minimum absolute atomic E-state index is 0.229. The molecule has 0 saturated heterocycles. The number of hydrogen-bond acceptors (Lipinski definition) is 7. The highest BCUT2D eigenvalue weighted by molar-refractivity contribution is 6.45. The quantitative estimate of drug-likeness (QED) is 0.385. The fourth-order valence-corrected chi connectivity index (χ4v) is 4.31. The van der Waals surface area contributed by atoms with Crippen LogP contribution in [0.4, 0.5) is 18.9 Å². The van der Waals surface area contributed by atoms with Crippen LogP contribution in [0.3, 0.4) is 0 Å². The number of anilines is 1. The molecule has 186 valence electrons. The third-order valence-corrected chi connectivity index (χ3v) is 6.15. The Morgan fingerprint density at radius 3 is 2.65 bits per heavy atom. The van der Waals surface area contributed by atoms with E-state index < -0.39 is 17.5 Å². The largest absolute Gasteiger partial charge is 0.416 e. The van der Waals surface area contributed by atoms with Crippen LogP contribution in [0.5, 0.6) is 0 Å². The normalized spacial score (nSPS) is 19.1. The molecular formula is C26H21F3N8. The molecule has 0 amide bonds. The summed E-state index contributed by atoms with van der Waals surface area (Å²) in [5, 5.41) is 10.0. The molecule has 11 heteroatoms. The summed E-state index contributed by atoms with van der Waals surface area (Å²) in [6, 6.07) is 20.6. The van der Waals surface area contributed by atoms with Crippen molar-refractivity contribution in [1.29, 1.82) is 0 Å². The first-order chi connectivity index (χ1) is 17.8. The molecule has 1 atom stereocenters. The zero-order chi connectivity index (χ0) is 25.6. The smallest absolute Gasteiger partial charge is 0.337 e. The van der Waals surface area contributed by atoms with Crippen molar-refractivity contribution in [2.24, 2.45) is 15.7 Å². The van der Waals surface area contributed by atoms with Gasteiger partial charge in [0.1, 0.15) is 0 Å². The second-order valence-corrected chi connectivity index (χ2v) is 8.72. The number of hydrogen-bond donors (Lipinski definition) is 3. The number of halogens is 3. The van der Waals surface area contributed by atoms with Crippen molar-refractivity contribution in [1.82, 2.24) is 20.2 Å². The van der Waals surface area contributed by atoms with Gasteiger partial charge in [-0.2, -0.15) is 23.7 Å². The fourth-order valence-electron chi connectivity index (χ4n) is 4.31. The fraction of sp³-hybridized carbons (Fsp3) is 0.115. The van der Waals surface area contributed by atoms with Crippen molar-refractivity contribution in [3.63, 3.8) is 0 Å². The number of benzene rings is 3. The van der Waals surface area contributed by atoms with E-state index in [1.165, 1.54) is 18.3 Å². The molecule has 1 unspecified atom stereocenters. The van der Waals surface area contributed by atoms with Gasteiger partial charge >= 0.3 is 6.18 Å². The van der Waals surface area contributed by atoms with E-state index in [0.29, 0.717) is 17.9 Å². The van der Waals surface area contributed by atoms with Crippen LogP contribution in [0.25, 0.3) is 10.9 Å². The van der Waals surface area contributed by atoms with Gasteiger partial charge in [-0.05, 0) is 29.8 Å². The molecule has 0 saturated carbocycles. The summed E-state index contributed by atoms with van der Waals surface area (Å²) < 4.78 is 41.4. The lowest BCUT2D eigenvalue weighted by Gasteiger charge is -2.25. The Balaban J connectivity index is 1.31. The molecular weight excluding hydrogens is 481 g/mol. The monoisotopic (exact) mass is 502 g/mol. The van der Waals surface area contributed by atoms with Crippen LogP contribution in [-0.4, -0.2) is 26.5 Å². The molecule has 0 aliphatic carbocycles. The zero-order valence-electron chi connectivity index (χ0n) is 19.3. The maximum Gasteiger partial charge on any atom is 0.416 e. The molecule has 4 N–H and O–H groups in total. The third-order valence-electron chi connectivity index (χ3n) is 6.15. The van der Waals surface area contributed by atoms with Gasteiger partial charge in [0, 0.05) is 29.0 Å². The molecule has 37 heavy (non-hydrogen) atoms. The van der Waals surface area contributed by atoms with Gasteiger partial charge in [0.2, 0.25) is 5.79 Å². The summed E-state index contributed by atoms with van der Waals surface area (Å²) in [4.78, 5) is 8.96. The molecule has 4 aromatic rings. The van der Waals surface area contributed by atoms with Crippen molar-refractivity contribution in [2.75, 3.05) is 5.32 Å². The topological polar surface area (TPSA) is 95.9 Å². The van der Waals surface area contributed by atoms with E-state index in [1.807, 2.05) is 53.2 Å². The summed E-state index contributed by atoms with van der Waals surface area (Å²) in [5.41, 5.74) is 12.0. The molecule has 3 heterocycles. The highest BCUT2D eigenvalue weighted by Crippen LogP contribution is 2.32. The van der Waals surface area contributed by atoms with Gasteiger partial charge in [-0.25, -0.2) is 9.98 Å². The first-order valence-corrected chi connectivity index (χ1v) is 11.4. The standard InChI is InChI=1S/C26H21F3N8/c27-25(28,29)19-7-4-8-21(13-19)33-23-24-34-26(30,35-36(24)12-11-31-23)20-10-9-18-15-32-37(22(18)14-20)16-17-5-2-1-3-6-17/h1-15,35H,16,30H2,(H,31,33). The van der Waals surface area contributed by atoms with Crippen LogP contribution in [0.15, 0.2) is 101 Å². The van der Waals surface area contributed by atoms with E-state index >= 15 is 0 Å². The van der Waals surface area contributed by atoms with Crippen LogP contribution in [0.1, 0.15) is 16.7 Å². The highest BCUT2D eigenvalue weighted by Gasteiger charge is 2.39. The van der Waals surface area contributed by atoms with E-state index in [4.69, 9.17) is 5.73 Å². The number of nitrogens with one attached hydrogen (secondary N) is 2. The third kappa shape index (κ3) is 4.34. The summed E-state index contributed by atoms with van der Waals surface area (Å²) in [6.07, 6.45) is 0.492. The molecule has 8 nitrogen and oxygen atoms in total. The zero-order valence-corrected chi connectivity index (χ0v) is 19.3. The first-order valence-electron chi connectivity index (χ1n) is 11.4. The Labute approximate surface area is 209 Å². The van der Waals surface area contributed by atoms with Crippen molar-refractivity contribution < 1.29 is 13.2 Å². The van der Waals surface area contributed by atoms with Crippen LogP contribution < -0.4 is 16.5 Å². The summed E-state index contributed by atoms with van der Waals surface area (Å²) >= 11 is 0. The summed E-state index contributed by atoms with van der Waals surface area (Å²) in [6.45, 7) is 0.597. The van der Waals surface area contributed by atoms with E-state index in [1.54, 1.807) is 17.4 Å². The maximum absolute atomic E-state index is 13.2. The van der Waals surface area contributed by atoms with Crippen molar-refractivity contribution in [2.45, 2.75) is 18.5 Å². The Morgan fingerprint density at radius 1 is 1.00 bits per heavy atom. The van der Waals surface area contributed by atoms with Crippen LogP contribution in [0.2, 0.25) is 0 Å². The number of aromatic nitrogens is 2. The number of alkyl halides is 3. The second kappa shape index (κ2) is 8.57. The summed E-state index contributed by atoms with van der Waals surface area (Å²) in [5.74, 6) is -0.729. The van der Waals surface area contributed by atoms with Crippen LogP contribution in [0, 0.1) is 0 Å². The molecule has 2 aliphatic heterocycles. The lowest BCUT2D eigenvalue weighted by atomic mass is 10.1. The molecule has 6 rings (SSSR count). The number of rotatable bonds is 4. The second-order valence-electron chi connectivity index (χ2n) is 8.72. The predicted octanol–water partition coefficient (Wildman–Crippen LogP) is 4.39. The number of nitrogens with zero attached hydrogens (tertiary/aromatic N) is 5. The van der Waals surface area contributed by atoms with Crippen LogP contribution in [-0.2, 0) is 18.5 Å². The highest BCUT2D eigenvalue weighted by atomic mass is 19.4. The molecule has 0 spiro atoms. The van der Waals surface area contributed by atoms with E-state index in [0.717, 1.165) is 28.6 Å². The number of aliphatic imine (C=N–C) groups is 2. The van der Waals surface area contributed by atoms with E-state index in [-0.39, 0.29) is 11.5 Å². The lowest BCUT2D eigenvalue weighted by Crippen LogP contribution is -2.51. The SMILES string of the molecule is NC1(c2ccc3cnn(Cc4ccccc4)c3c2)N=C2C(Nc3cccc(C(F)(F)F)c3)=NC=CN2N1. The maximum atomic E-state index is 13.2. The Kier molecular flexibility index (Phi) is 5.32. The molecule has 1 aromatic heterocycles. The van der Waals surface area contributed by atoms with E-state index in [9.17, 15) is 13.2 Å². The Morgan fingerprint density at radius 2 is 1.84 bits per heavy atom. The van der Waals surface area contributed by atoms with Gasteiger partial charge < -0.3 is 5.32 Å². The van der Waals surface area contributed by atoms with Gasteiger partial charge in [-0.15, -0.1) is 0 Å². The lowest BCUT2D eigenvalue weighted by molar-refractivity contribution is -0.137. The van der Waals surface area contributed by atoms with Gasteiger partial charge in [0.15, 0.2) is 11.7 Å². The van der Waals surface area contributed by atoms with Gasteiger partial charge in [-0.3, -0.25) is 15.4 Å². The Hall–Kier alpha value is -4.48. The van der Waals surface area contributed by atoms with Gasteiger partial charge in [-0.1, -0.05) is 48.5 Å². The van der Waals surface area contributed by atoms with Crippen molar-refractivity contribution in [3.8, 4) is 0 Å². The number of amidine groups is 2. The Bertz CT molecular complexity index is 1570. The average molecular weight is 503 g/mol. The molecule has 0 fully saturated rings. The number of nitrogens with two attached hydrogens (primary N) is 1. The minimum Gasteiger partial charge on any atom is -0.337 e. The van der Waals surface area contributed by atoms with Crippen molar-refractivity contribution in [3.05, 3.63) is 108 Å². The molecule has 2 aliphatic rings. The van der Waals surface area contributed by atoms with Gasteiger partial charge in [0.05, 0.1) is 23.8 Å². The van der Waals surface area contributed by atoms with E-state index in [2.05, 4.69) is 25.8 Å².